The standard InChI is InChI=1S/C16H18ClN/c1-3-11-5-6-13(9-12(11)4-2)15-8-7-14(17)10-16(15)18/h5-10H,3-4,18H2,1-2H3. The topological polar surface area (TPSA) is 26.0 Å². The molecular formula is C16H18ClN. The Labute approximate surface area is 114 Å². The van der Waals surface area contributed by atoms with Crippen molar-refractivity contribution in [2.75, 3.05) is 5.73 Å². The van der Waals surface area contributed by atoms with Crippen LogP contribution < -0.4 is 5.73 Å². The number of hydrogen-bond donors (Lipinski definition) is 1. The molecule has 0 aliphatic heterocycles. The quantitative estimate of drug-likeness (QED) is 0.794. The van der Waals surface area contributed by atoms with Gasteiger partial charge in [-0.2, -0.15) is 0 Å². The lowest BCUT2D eigenvalue weighted by Crippen LogP contribution is -1.94. The molecule has 0 bridgehead atoms. The molecule has 0 aliphatic carbocycles. The molecule has 18 heavy (non-hydrogen) atoms. The van der Waals surface area contributed by atoms with Gasteiger partial charge in [0.15, 0.2) is 0 Å². The smallest absolute Gasteiger partial charge is 0.0426 e. The first-order valence-electron chi connectivity index (χ1n) is 6.33. The van der Waals surface area contributed by atoms with Crippen LogP contribution >= 0.6 is 11.6 Å². The van der Waals surface area contributed by atoms with E-state index in [2.05, 4.69) is 32.0 Å². The van der Waals surface area contributed by atoms with Crippen LogP contribution in [0.15, 0.2) is 36.4 Å². The number of aryl methyl sites for hydroxylation is 2. The van der Waals surface area contributed by atoms with E-state index >= 15 is 0 Å². The fraction of sp³-hybridized carbons (Fsp3) is 0.250. The highest BCUT2D eigenvalue weighted by molar-refractivity contribution is 6.31. The van der Waals surface area contributed by atoms with E-state index in [0.717, 1.165) is 24.1 Å². The lowest BCUT2D eigenvalue weighted by atomic mass is 9.96. The third-order valence-electron chi connectivity index (χ3n) is 3.29. The molecule has 94 valence electrons. The predicted octanol–water partition coefficient (Wildman–Crippen LogP) is 4.71. The second-order valence-electron chi connectivity index (χ2n) is 4.42. The number of nitrogen functional groups attached to an aromatic ring is 1. The molecule has 2 heteroatoms. The van der Waals surface area contributed by atoms with E-state index in [9.17, 15) is 0 Å². The summed E-state index contributed by atoms with van der Waals surface area (Å²) in [5, 5.41) is 0.678. The van der Waals surface area contributed by atoms with Crippen LogP contribution in [0.3, 0.4) is 0 Å². The van der Waals surface area contributed by atoms with Gasteiger partial charge in [0.1, 0.15) is 0 Å². The first-order valence-corrected chi connectivity index (χ1v) is 6.70. The van der Waals surface area contributed by atoms with Crippen LogP contribution in [0.5, 0.6) is 0 Å². The van der Waals surface area contributed by atoms with Crippen LogP contribution in [0.4, 0.5) is 5.69 Å². The third-order valence-corrected chi connectivity index (χ3v) is 3.53. The SMILES string of the molecule is CCc1ccc(-c2ccc(Cl)cc2N)cc1CC. The third kappa shape index (κ3) is 2.51. The minimum absolute atomic E-state index is 0.678. The Morgan fingerprint density at radius 1 is 0.944 bits per heavy atom. The van der Waals surface area contributed by atoms with Gasteiger partial charge in [0.25, 0.3) is 0 Å². The van der Waals surface area contributed by atoms with Crippen molar-refractivity contribution in [3.05, 3.63) is 52.5 Å². The predicted molar refractivity (Wildman–Crippen MR) is 80.1 cm³/mol. The minimum atomic E-state index is 0.678. The molecule has 2 N–H and O–H groups in total. The Morgan fingerprint density at radius 3 is 2.28 bits per heavy atom. The van der Waals surface area contributed by atoms with E-state index < -0.39 is 0 Å². The summed E-state index contributed by atoms with van der Waals surface area (Å²) in [5.74, 6) is 0. The zero-order valence-electron chi connectivity index (χ0n) is 10.8. The molecule has 0 radical (unpaired) electrons. The Morgan fingerprint density at radius 2 is 1.67 bits per heavy atom. The number of nitrogens with two attached hydrogens (primary N) is 1. The summed E-state index contributed by atoms with van der Waals surface area (Å²) in [6.45, 7) is 4.37. The zero-order chi connectivity index (χ0) is 13.1. The molecule has 0 saturated heterocycles. The largest absolute Gasteiger partial charge is 0.398 e. The summed E-state index contributed by atoms with van der Waals surface area (Å²) in [5.41, 5.74) is 11.8. The summed E-state index contributed by atoms with van der Waals surface area (Å²) in [4.78, 5) is 0. The summed E-state index contributed by atoms with van der Waals surface area (Å²) in [6.07, 6.45) is 2.12. The molecule has 0 saturated carbocycles. The van der Waals surface area contributed by atoms with Crippen molar-refractivity contribution < 1.29 is 0 Å². The summed E-state index contributed by atoms with van der Waals surface area (Å²) >= 11 is 5.93. The van der Waals surface area contributed by atoms with Crippen LogP contribution in [0.1, 0.15) is 25.0 Å². The zero-order valence-corrected chi connectivity index (χ0v) is 11.6. The van der Waals surface area contributed by atoms with E-state index in [4.69, 9.17) is 17.3 Å². The molecule has 0 spiro atoms. The minimum Gasteiger partial charge on any atom is -0.398 e. The van der Waals surface area contributed by atoms with E-state index in [0.29, 0.717) is 5.02 Å². The number of halogens is 1. The van der Waals surface area contributed by atoms with Crippen LogP contribution in [0, 0.1) is 0 Å². The second-order valence-corrected chi connectivity index (χ2v) is 4.86. The van der Waals surface area contributed by atoms with Gasteiger partial charge in [0.2, 0.25) is 0 Å². The molecule has 0 aromatic heterocycles. The van der Waals surface area contributed by atoms with Gasteiger partial charge in [-0.25, -0.2) is 0 Å². The van der Waals surface area contributed by atoms with Gasteiger partial charge < -0.3 is 5.73 Å². The molecule has 0 fully saturated rings. The summed E-state index contributed by atoms with van der Waals surface area (Å²) < 4.78 is 0. The van der Waals surface area contributed by atoms with Gasteiger partial charge in [-0.1, -0.05) is 49.7 Å². The van der Waals surface area contributed by atoms with Crippen LogP contribution in [-0.2, 0) is 12.8 Å². The maximum absolute atomic E-state index is 6.03. The van der Waals surface area contributed by atoms with Crippen LogP contribution in [-0.4, -0.2) is 0 Å². The molecule has 0 atom stereocenters. The van der Waals surface area contributed by atoms with Crippen molar-refractivity contribution in [2.24, 2.45) is 0 Å². The van der Waals surface area contributed by atoms with Gasteiger partial charge in [0.05, 0.1) is 0 Å². The maximum Gasteiger partial charge on any atom is 0.0426 e. The van der Waals surface area contributed by atoms with E-state index in [1.807, 2.05) is 12.1 Å². The average Bonchev–Trinajstić information content (AvgIpc) is 2.38. The molecule has 0 amide bonds. The van der Waals surface area contributed by atoms with Crippen molar-refractivity contribution in [1.29, 1.82) is 0 Å². The van der Waals surface area contributed by atoms with Crippen LogP contribution in [0.25, 0.3) is 11.1 Å². The van der Waals surface area contributed by atoms with E-state index in [-0.39, 0.29) is 0 Å². The molecule has 1 nitrogen and oxygen atoms in total. The van der Waals surface area contributed by atoms with Gasteiger partial charge >= 0.3 is 0 Å². The van der Waals surface area contributed by atoms with Gasteiger partial charge in [-0.15, -0.1) is 0 Å². The van der Waals surface area contributed by atoms with Crippen molar-refractivity contribution in [1.82, 2.24) is 0 Å². The number of benzene rings is 2. The number of hydrogen-bond acceptors (Lipinski definition) is 1. The summed E-state index contributed by atoms with van der Waals surface area (Å²) in [7, 11) is 0. The van der Waals surface area contributed by atoms with Gasteiger partial charge in [-0.05, 0) is 41.7 Å². The fourth-order valence-electron chi connectivity index (χ4n) is 2.26. The Balaban J connectivity index is 2.51. The molecule has 0 aliphatic rings. The first kappa shape index (κ1) is 13.0. The second kappa shape index (κ2) is 5.45. The fourth-order valence-corrected chi connectivity index (χ4v) is 2.44. The van der Waals surface area contributed by atoms with Crippen LogP contribution in [0.2, 0.25) is 5.02 Å². The highest BCUT2D eigenvalue weighted by atomic mass is 35.5. The average molecular weight is 260 g/mol. The molecule has 2 rings (SSSR count). The molecular weight excluding hydrogens is 242 g/mol. The highest BCUT2D eigenvalue weighted by Crippen LogP contribution is 2.30. The molecule has 0 heterocycles. The molecule has 2 aromatic rings. The number of rotatable bonds is 3. The Hall–Kier alpha value is -1.47. The molecule has 2 aromatic carbocycles. The van der Waals surface area contributed by atoms with Crippen molar-refractivity contribution in [3.8, 4) is 11.1 Å². The van der Waals surface area contributed by atoms with E-state index in [1.54, 1.807) is 6.07 Å². The lowest BCUT2D eigenvalue weighted by molar-refractivity contribution is 1.04. The van der Waals surface area contributed by atoms with E-state index in [1.165, 1.54) is 16.7 Å². The Bertz CT molecular complexity index is 561. The van der Waals surface area contributed by atoms with Crippen molar-refractivity contribution in [3.63, 3.8) is 0 Å². The normalized spacial score (nSPS) is 10.6. The Kier molecular flexibility index (Phi) is 3.93. The maximum atomic E-state index is 6.03. The monoisotopic (exact) mass is 259 g/mol. The lowest BCUT2D eigenvalue weighted by Gasteiger charge is -2.11. The summed E-state index contributed by atoms with van der Waals surface area (Å²) in [6, 6.07) is 12.2. The van der Waals surface area contributed by atoms with Gasteiger partial charge in [0, 0.05) is 16.3 Å². The van der Waals surface area contributed by atoms with Crippen molar-refractivity contribution in [2.45, 2.75) is 26.7 Å². The first-order chi connectivity index (χ1) is 8.65. The highest BCUT2D eigenvalue weighted by Gasteiger charge is 2.06. The van der Waals surface area contributed by atoms with Gasteiger partial charge in [-0.3, -0.25) is 0 Å². The number of anilines is 1. The van der Waals surface area contributed by atoms with Crippen molar-refractivity contribution >= 4 is 17.3 Å². The molecule has 0 unspecified atom stereocenters.